The van der Waals surface area contributed by atoms with E-state index >= 15 is 0 Å². The predicted molar refractivity (Wildman–Crippen MR) is 419 cm³/mol. The number of aliphatic imine (C=N–C) groups is 1. The fourth-order valence-corrected chi connectivity index (χ4v) is 16.7. The number of cyclic esters (lactones) is 3. The Kier molecular flexibility index (Phi) is 37.1. The molecule has 0 aromatic carbocycles. The van der Waals surface area contributed by atoms with Gasteiger partial charge in [0.05, 0.1) is 65.0 Å². The molecule has 2 N–H and O–H groups in total. The number of nitrogens with zero attached hydrogens (tertiary/aromatic N) is 10. The standard InChI is InChI=1S/C39H71NO9Si.C38H65N5O10.C2H2N4O/c1-19-31(49-50(17,18)36(7,8)9)38(12,43)21-20-30(41)24(2)23-39(13,44-16)33(27(5)32-28(6)34(42)48-37(10,11)47-32)46-35-26(4)29(40(14)15)22-25(3)45-35;1-14-30(45)38(10)29(43(35(47)53-38)18-16-15-17-40-41-39)20-28(44)22(2)21-37(9,48-13)32(25(5)31-26(6)33(46)52-36(7,8)51-31)50-34-24(4)27(42(11)12)19-23(3)49-34;3-6-5-1-4-2-7/h20-21,24-27,29,31,33,35,43H,19,22-23H2,1-18H3;22-25,27,29-30,32,34,45H,14-21H2,1-13H3;1H2/b21-20+;;/t24-,25?,26?,27+,29?,31-,33-,35+,38+,39-;22-,23?,24?,25+,27?,29-,30-,32-,34+,37-,38+;/m11./s1. The summed E-state index contributed by atoms with van der Waals surface area (Å²) in [7, 11) is 9.22. The highest BCUT2D eigenvalue weighted by Gasteiger charge is 2.57. The molecule has 5 aliphatic heterocycles. The first kappa shape index (κ1) is 98.3. The maximum atomic E-state index is 14.3. The number of hydrogen-bond acceptors (Lipinski definition) is 25. The fourth-order valence-electron chi connectivity index (χ4n) is 15.2. The maximum Gasteiger partial charge on any atom is 0.410 e. The second kappa shape index (κ2) is 41.4. The van der Waals surface area contributed by atoms with Crippen molar-refractivity contribution in [1.82, 2.24) is 14.7 Å². The Balaban J connectivity index is 0.000000524. The Morgan fingerprint density at radius 3 is 1.55 bits per heavy atom. The van der Waals surface area contributed by atoms with Gasteiger partial charge in [-0.25, -0.2) is 19.2 Å². The Morgan fingerprint density at radius 1 is 0.718 bits per heavy atom. The molecule has 628 valence electrons. The van der Waals surface area contributed by atoms with Crippen LogP contribution in [0.4, 0.5) is 4.79 Å². The Morgan fingerprint density at radius 2 is 1.16 bits per heavy atom. The van der Waals surface area contributed by atoms with Crippen molar-refractivity contribution < 1.29 is 95.5 Å². The minimum Gasteiger partial charge on any atom is -0.456 e. The van der Waals surface area contributed by atoms with Gasteiger partial charge in [-0.05, 0) is 176 Å². The summed E-state index contributed by atoms with van der Waals surface area (Å²) in [5.41, 5.74) is 12.1. The lowest BCUT2D eigenvalue weighted by Crippen LogP contribution is -2.56. The van der Waals surface area contributed by atoms with Gasteiger partial charge in [0.1, 0.15) is 29.6 Å². The number of ether oxygens (including phenoxy) is 11. The number of rotatable bonds is 37. The van der Waals surface area contributed by atoms with E-state index in [1.165, 1.54) is 17.1 Å². The van der Waals surface area contributed by atoms with Crippen molar-refractivity contribution in [3.8, 4) is 0 Å². The first-order valence-electron chi connectivity index (χ1n) is 38.9. The second-order valence-corrected chi connectivity index (χ2v) is 39.2. The number of hydrogen-bond donors (Lipinski definition) is 2. The molecule has 0 aromatic rings. The van der Waals surface area contributed by atoms with Crippen molar-refractivity contribution in [2.45, 2.75) is 336 Å². The van der Waals surface area contributed by atoms with E-state index in [2.05, 4.69) is 96.7 Å². The molecule has 31 heteroatoms. The van der Waals surface area contributed by atoms with Crippen molar-refractivity contribution in [1.29, 1.82) is 0 Å². The number of carbonyl (C=O) groups excluding carboxylic acids is 6. The van der Waals surface area contributed by atoms with Crippen LogP contribution in [0.2, 0.25) is 18.1 Å². The third-order valence-corrected chi connectivity index (χ3v) is 27.5. The summed E-state index contributed by atoms with van der Waals surface area (Å²) in [6.45, 7) is 48.2. The number of carbonyl (C=O) groups is 5. The average Bonchev–Trinajstić information content (AvgIpc) is 1.72. The number of Topliss-reactive ketones (excluding diaryl/α,β-unsaturated/α-hetero) is 1. The first-order chi connectivity index (χ1) is 50.7. The van der Waals surface area contributed by atoms with E-state index in [1.807, 2.05) is 76.4 Å². The number of azide groups is 2. The van der Waals surface area contributed by atoms with Crippen molar-refractivity contribution in [3.63, 3.8) is 0 Å². The summed E-state index contributed by atoms with van der Waals surface area (Å²) in [6, 6.07) is -0.321. The number of aliphatic hydroxyl groups excluding tert-OH is 1. The van der Waals surface area contributed by atoms with Gasteiger partial charge in [-0.3, -0.25) is 9.59 Å². The molecular formula is C79H138N10O20Si. The summed E-state index contributed by atoms with van der Waals surface area (Å²) in [4.78, 5) is 90.3. The second-order valence-electron chi connectivity index (χ2n) is 34.5. The zero-order chi connectivity index (χ0) is 84.4. The van der Waals surface area contributed by atoms with Gasteiger partial charge in [0, 0.05) is 119 Å². The predicted octanol–water partition coefficient (Wildman–Crippen LogP) is 14.1. The highest BCUT2D eigenvalue weighted by atomic mass is 28.4. The summed E-state index contributed by atoms with van der Waals surface area (Å²) in [6.07, 6.45) is 3.58. The molecule has 0 bridgehead atoms. The van der Waals surface area contributed by atoms with Crippen molar-refractivity contribution in [2.75, 3.05) is 62.2 Å². The molecule has 0 radical (unpaired) electrons. The minimum atomic E-state index is -2.17. The molecule has 5 rings (SSSR count). The van der Waals surface area contributed by atoms with Gasteiger partial charge in [-0.15, -0.1) is 0 Å². The first-order valence-corrected chi connectivity index (χ1v) is 41.8. The molecule has 0 spiro atoms. The Hall–Kier alpha value is -5.85. The normalized spacial score (nSPS) is 28.1. The van der Waals surface area contributed by atoms with Crippen LogP contribution in [-0.4, -0.2) is 232 Å². The number of isocyanates is 1. The fraction of sp³-hybridized carbons (Fsp3) is 0.848. The van der Waals surface area contributed by atoms with Crippen molar-refractivity contribution in [3.05, 3.63) is 55.7 Å². The summed E-state index contributed by atoms with van der Waals surface area (Å²) < 4.78 is 75.4. The van der Waals surface area contributed by atoms with E-state index in [-0.39, 0.29) is 91.8 Å². The molecule has 0 saturated carbocycles. The van der Waals surface area contributed by atoms with E-state index in [4.69, 9.17) is 67.6 Å². The van der Waals surface area contributed by atoms with Crippen LogP contribution in [0, 0.1) is 35.5 Å². The van der Waals surface area contributed by atoms with E-state index in [9.17, 15) is 39.0 Å². The molecule has 3 fully saturated rings. The van der Waals surface area contributed by atoms with Gasteiger partial charge in [-0.1, -0.05) is 86.4 Å². The minimum absolute atomic E-state index is 0.0186. The highest BCUT2D eigenvalue weighted by Crippen LogP contribution is 2.46. The maximum absolute atomic E-state index is 14.3. The van der Waals surface area contributed by atoms with Crippen LogP contribution in [0.3, 0.4) is 0 Å². The molecule has 5 aliphatic rings. The zero-order valence-electron chi connectivity index (χ0n) is 72.2. The number of ketones is 2. The summed E-state index contributed by atoms with van der Waals surface area (Å²) in [5.74, 6) is -4.85. The molecule has 6 unspecified atom stereocenters. The van der Waals surface area contributed by atoms with Gasteiger partial charge >= 0.3 is 18.0 Å². The van der Waals surface area contributed by atoms with Gasteiger partial charge in [-0.2, -0.15) is 4.99 Å². The number of aliphatic hydroxyl groups is 2. The van der Waals surface area contributed by atoms with Crippen LogP contribution in [0.25, 0.3) is 20.9 Å². The molecule has 0 aliphatic carbocycles. The average molecular weight is 1580 g/mol. The van der Waals surface area contributed by atoms with Crippen LogP contribution in [-0.2, 0) is 80.5 Å². The van der Waals surface area contributed by atoms with Gasteiger partial charge < -0.3 is 81.4 Å². The number of unbranched alkanes of at least 4 members (excludes halogenated alkanes) is 1. The highest BCUT2D eigenvalue weighted by molar-refractivity contribution is 6.74. The number of amides is 1. The molecule has 30 nitrogen and oxygen atoms in total. The third kappa shape index (κ3) is 26.1. The zero-order valence-corrected chi connectivity index (χ0v) is 73.2. The number of esters is 2. The van der Waals surface area contributed by atoms with E-state index in [0.29, 0.717) is 48.3 Å². The number of methoxy groups -OCH3 is 2. The van der Waals surface area contributed by atoms with Crippen molar-refractivity contribution in [2.24, 2.45) is 50.7 Å². The van der Waals surface area contributed by atoms with Gasteiger partial charge in [0.15, 0.2) is 32.3 Å². The van der Waals surface area contributed by atoms with Crippen LogP contribution in [0.1, 0.15) is 217 Å². The Bertz CT molecular complexity index is 3310. The molecule has 3 saturated heterocycles. The summed E-state index contributed by atoms with van der Waals surface area (Å²) >= 11 is 0. The quantitative estimate of drug-likeness (QED) is 0.00557. The molecule has 110 heavy (non-hydrogen) atoms. The third-order valence-electron chi connectivity index (χ3n) is 23.0. The van der Waals surface area contributed by atoms with Gasteiger partial charge in [0.2, 0.25) is 17.7 Å². The SMILES string of the molecule is CC[C@@H](O)[C@@]1(C)OC(=O)N(CCCCN=[N+]=[N-])[C@@H]1CC(=O)[C@H](C)C[C@@](C)(OC)[C@H](O[C@@H]1OC(C)CC(N(C)C)C1C)[C@@H](C)C1=C(C)C(=O)OC(C)(C)O1.CC[C@@H](O[Si](C)(C)C(C)(C)C)[C@@](C)(O)/C=C/C(=O)[C@H](C)C[C@@](C)(OC)[C@H](O[C@@H]1OC(C)CC(N(C)C)C1C)[C@@H](C)C1=C(C)C(=O)OC(C)(C)O1.[N-]=[N+]=NCN=C=O. The largest absolute Gasteiger partial charge is 0.456 e. The van der Waals surface area contributed by atoms with E-state index in [1.54, 1.807) is 82.6 Å². The van der Waals surface area contributed by atoms with Crippen LogP contribution < -0.4 is 0 Å². The van der Waals surface area contributed by atoms with Gasteiger partial charge in [0.25, 0.3) is 0 Å². The van der Waals surface area contributed by atoms with E-state index < -0.39 is 127 Å². The topological polar surface area (TPSA) is 373 Å². The van der Waals surface area contributed by atoms with Crippen molar-refractivity contribution >= 4 is 44.0 Å². The molecule has 0 aromatic heterocycles. The molecule has 1 amide bonds. The lowest BCUT2D eigenvalue weighted by atomic mass is 9.77. The molecule has 21 atom stereocenters. The Labute approximate surface area is 656 Å². The summed E-state index contributed by atoms with van der Waals surface area (Å²) in [5, 5.41) is 29.0. The van der Waals surface area contributed by atoms with E-state index in [0.717, 1.165) is 12.8 Å². The lowest BCUT2D eigenvalue weighted by Gasteiger charge is -2.48. The van der Waals surface area contributed by atoms with Crippen LogP contribution >= 0.6 is 0 Å². The monoisotopic (exact) mass is 1570 g/mol. The lowest BCUT2D eigenvalue weighted by molar-refractivity contribution is -0.285. The van der Waals surface area contributed by atoms with Crippen LogP contribution in [0.15, 0.2) is 50.0 Å². The number of allylic oxidation sites excluding steroid dienone is 1. The molecular weight excluding hydrogens is 1440 g/mol. The molecule has 5 heterocycles. The van der Waals surface area contributed by atoms with Crippen LogP contribution in [0.5, 0.6) is 0 Å². The smallest absolute Gasteiger partial charge is 0.410 e.